The fourth-order valence-corrected chi connectivity index (χ4v) is 2.82. The lowest BCUT2D eigenvalue weighted by atomic mass is 10.1. The summed E-state index contributed by atoms with van der Waals surface area (Å²) in [7, 11) is 5.82. The van der Waals surface area contributed by atoms with E-state index in [2.05, 4.69) is 32.4 Å². The Morgan fingerprint density at radius 2 is 1.61 bits per heavy atom. The molecule has 0 saturated heterocycles. The molecule has 146 valence electrons. The molecule has 28 heavy (non-hydrogen) atoms. The van der Waals surface area contributed by atoms with Crippen molar-refractivity contribution in [1.82, 2.24) is 25.0 Å². The molecule has 0 bridgehead atoms. The van der Waals surface area contributed by atoms with Gasteiger partial charge in [0.25, 0.3) is 0 Å². The second-order valence-electron chi connectivity index (χ2n) is 6.99. The Bertz CT molecular complexity index is 872. The van der Waals surface area contributed by atoms with E-state index in [1.165, 1.54) is 6.33 Å². The Labute approximate surface area is 165 Å². The lowest BCUT2D eigenvalue weighted by Crippen LogP contribution is -2.36. The Hall–Kier alpha value is -3.35. The summed E-state index contributed by atoms with van der Waals surface area (Å²) in [5.74, 6) is 0. The summed E-state index contributed by atoms with van der Waals surface area (Å²) in [4.78, 5) is 20.0. The quantitative estimate of drug-likeness (QED) is 0.687. The van der Waals surface area contributed by atoms with Crippen LogP contribution in [-0.2, 0) is 19.6 Å². The molecule has 0 radical (unpaired) electrons. The van der Waals surface area contributed by atoms with Gasteiger partial charge in [0.2, 0.25) is 0 Å². The molecule has 0 atom stereocenters. The predicted octanol–water partition coefficient (Wildman–Crippen LogP) is 2.73. The lowest BCUT2D eigenvalue weighted by molar-refractivity contribution is 0.206. The van der Waals surface area contributed by atoms with Gasteiger partial charge in [-0.15, -0.1) is 0 Å². The summed E-state index contributed by atoms with van der Waals surface area (Å²) in [5, 5.41) is 7.07. The first kappa shape index (κ1) is 19.4. The van der Waals surface area contributed by atoms with Crippen LogP contribution in [0.1, 0.15) is 16.7 Å². The molecule has 0 saturated carbocycles. The maximum atomic E-state index is 12.4. The maximum absolute atomic E-state index is 12.4. The number of nitrogens with one attached hydrogen (secondary N) is 1. The smallest absolute Gasteiger partial charge is 0.317 e. The molecule has 0 spiro atoms. The molecule has 0 aliphatic heterocycles. The van der Waals surface area contributed by atoms with Gasteiger partial charge in [-0.1, -0.05) is 36.4 Å². The Balaban J connectivity index is 1.47. The molecule has 0 fully saturated rings. The number of urea groups is 1. The van der Waals surface area contributed by atoms with Crippen molar-refractivity contribution < 1.29 is 4.79 Å². The summed E-state index contributed by atoms with van der Waals surface area (Å²) in [6.45, 7) is 1.74. The second kappa shape index (κ2) is 9.03. The van der Waals surface area contributed by atoms with E-state index < -0.39 is 0 Å². The summed E-state index contributed by atoms with van der Waals surface area (Å²) < 4.78 is 1.77. The van der Waals surface area contributed by atoms with Gasteiger partial charge in [0.1, 0.15) is 12.7 Å². The number of carbonyl (C=O) groups is 1. The number of hydrogen-bond donors (Lipinski definition) is 1. The van der Waals surface area contributed by atoms with Crippen LogP contribution in [0.3, 0.4) is 0 Å². The average Bonchev–Trinajstić information content (AvgIpc) is 3.20. The molecule has 1 N–H and O–H groups in total. The van der Waals surface area contributed by atoms with Crippen molar-refractivity contribution in [3.63, 3.8) is 0 Å². The van der Waals surface area contributed by atoms with E-state index in [4.69, 9.17) is 0 Å². The van der Waals surface area contributed by atoms with Crippen LogP contribution in [-0.4, -0.2) is 46.8 Å². The van der Waals surface area contributed by atoms with Gasteiger partial charge in [-0.05, 0) is 28.8 Å². The van der Waals surface area contributed by atoms with Crippen LogP contribution in [0.2, 0.25) is 0 Å². The third-order valence-electron chi connectivity index (χ3n) is 4.50. The number of benzene rings is 2. The molecule has 0 aliphatic carbocycles. The van der Waals surface area contributed by atoms with Gasteiger partial charge in [-0.2, -0.15) is 5.10 Å². The van der Waals surface area contributed by atoms with Crippen LogP contribution in [0.5, 0.6) is 0 Å². The van der Waals surface area contributed by atoms with E-state index >= 15 is 0 Å². The fourth-order valence-electron chi connectivity index (χ4n) is 2.82. The normalized spacial score (nSPS) is 10.5. The highest BCUT2D eigenvalue weighted by Crippen LogP contribution is 2.13. The number of rotatable bonds is 7. The Morgan fingerprint density at radius 3 is 2.21 bits per heavy atom. The minimum atomic E-state index is -0.0941. The van der Waals surface area contributed by atoms with Crippen LogP contribution in [0.25, 0.3) is 0 Å². The molecule has 0 aliphatic rings. The summed E-state index contributed by atoms with van der Waals surface area (Å²) >= 11 is 0. The lowest BCUT2D eigenvalue weighted by Gasteiger charge is -2.19. The fraction of sp³-hybridized carbons (Fsp3) is 0.286. The average molecular weight is 378 g/mol. The molecule has 7 nitrogen and oxygen atoms in total. The summed E-state index contributed by atoms with van der Waals surface area (Å²) in [5.41, 5.74) is 4.43. The maximum Gasteiger partial charge on any atom is 0.317 e. The summed E-state index contributed by atoms with van der Waals surface area (Å²) in [6, 6.07) is 16.2. The minimum Gasteiger partial charge on any atom is -0.378 e. The molecule has 2 amide bonds. The highest BCUT2D eigenvalue weighted by Gasteiger charge is 2.09. The molecule has 1 aromatic heterocycles. The van der Waals surface area contributed by atoms with Crippen molar-refractivity contribution >= 4 is 11.7 Å². The zero-order chi connectivity index (χ0) is 19.9. The number of aromatic nitrogens is 3. The van der Waals surface area contributed by atoms with Crippen molar-refractivity contribution in [3.8, 4) is 0 Å². The van der Waals surface area contributed by atoms with Gasteiger partial charge in [-0.25, -0.2) is 14.5 Å². The third-order valence-corrected chi connectivity index (χ3v) is 4.50. The molecule has 3 aromatic rings. The van der Waals surface area contributed by atoms with E-state index in [9.17, 15) is 4.79 Å². The number of hydrogen-bond acceptors (Lipinski definition) is 4. The van der Waals surface area contributed by atoms with Crippen molar-refractivity contribution in [2.45, 2.75) is 19.6 Å². The highest BCUT2D eigenvalue weighted by atomic mass is 16.2. The minimum absolute atomic E-state index is 0.0941. The zero-order valence-electron chi connectivity index (χ0n) is 16.5. The van der Waals surface area contributed by atoms with E-state index in [-0.39, 0.29) is 6.03 Å². The molecular weight excluding hydrogens is 352 g/mol. The molecular formula is C21H26N6O. The number of anilines is 1. The third kappa shape index (κ3) is 5.33. The van der Waals surface area contributed by atoms with Crippen molar-refractivity contribution in [3.05, 3.63) is 77.9 Å². The zero-order valence-corrected chi connectivity index (χ0v) is 16.5. The van der Waals surface area contributed by atoms with E-state index in [0.29, 0.717) is 19.6 Å². The first-order valence-corrected chi connectivity index (χ1v) is 9.17. The van der Waals surface area contributed by atoms with Crippen LogP contribution in [0.15, 0.2) is 61.2 Å². The standard InChI is InChI=1S/C21H26N6O/c1-25(2)20-10-8-18(9-11-20)13-26(3)21(28)23-12-17-4-6-19(7-5-17)14-27-16-22-15-24-27/h4-11,15-16H,12-14H2,1-3H3,(H,23,28). The van der Waals surface area contributed by atoms with Crippen molar-refractivity contribution in [2.75, 3.05) is 26.0 Å². The highest BCUT2D eigenvalue weighted by molar-refractivity contribution is 5.73. The van der Waals surface area contributed by atoms with E-state index in [1.807, 2.05) is 50.5 Å². The Kier molecular flexibility index (Phi) is 6.26. The van der Waals surface area contributed by atoms with Gasteiger partial charge >= 0.3 is 6.03 Å². The summed E-state index contributed by atoms with van der Waals surface area (Å²) in [6.07, 6.45) is 3.22. The van der Waals surface area contributed by atoms with Crippen LogP contribution in [0, 0.1) is 0 Å². The topological polar surface area (TPSA) is 66.3 Å². The first-order valence-electron chi connectivity index (χ1n) is 9.17. The molecule has 7 heteroatoms. The number of amides is 2. The van der Waals surface area contributed by atoms with Gasteiger partial charge in [0.15, 0.2) is 0 Å². The Morgan fingerprint density at radius 1 is 0.964 bits per heavy atom. The molecule has 1 heterocycles. The SMILES string of the molecule is CN(Cc1ccc(N(C)C)cc1)C(=O)NCc1ccc(Cn2cncn2)cc1. The van der Waals surface area contributed by atoms with Gasteiger partial charge in [0.05, 0.1) is 6.54 Å². The van der Waals surface area contributed by atoms with Crippen LogP contribution >= 0.6 is 0 Å². The number of carbonyl (C=O) groups excluding carboxylic acids is 1. The van der Waals surface area contributed by atoms with Crippen molar-refractivity contribution in [2.24, 2.45) is 0 Å². The van der Waals surface area contributed by atoms with E-state index in [1.54, 1.807) is 23.0 Å². The first-order chi connectivity index (χ1) is 13.5. The molecule has 0 unspecified atom stereocenters. The van der Waals surface area contributed by atoms with E-state index in [0.717, 1.165) is 22.4 Å². The predicted molar refractivity (Wildman–Crippen MR) is 110 cm³/mol. The van der Waals surface area contributed by atoms with Gasteiger partial charge in [-0.3, -0.25) is 0 Å². The monoisotopic (exact) mass is 378 g/mol. The van der Waals surface area contributed by atoms with Crippen LogP contribution < -0.4 is 10.2 Å². The largest absolute Gasteiger partial charge is 0.378 e. The molecule has 3 rings (SSSR count). The number of nitrogens with zero attached hydrogens (tertiary/aromatic N) is 5. The molecule has 2 aromatic carbocycles. The van der Waals surface area contributed by atoms with Gasteiger partial charge in [0, 0.05) is 39.9 Å². The second-order valence-corrected chi connectivity index (χ2v) is 6.99. The van der Waals surface area contributed by atoms with Crippen LogP contribution in [0.4, 0.5) is 10.5 Å². The van der Waals surface area contributed by atoms with Gasteiger partial charge < -0.3 is 15.1 Å². The van der Waals surface area contributed by atoms with Crippen molar-refractivity contribution in [1.29, 1.82) is 0 Å².